The van der Waals surface area contributed by atoms with Crippen molar-refractivity contribution in [1.29, 1.82) is 0 Å². The summed E-state index contributed by atoms with van der Waals surface area (Å²) in [4.78, 5) is 12.9. The second kappa shape index (κ2) is 6.93. The van der Waals surface area contributed by atoms with Crippen molar-refractivity contribution < 1.29 is 43.1 Å². The molecule has 3 aliphatic rings. The average Bonchev–Trinajstić information content (AvgIpc) is 3.35. The molecule has 3 atom stereocenters. The largest absolute Gasteiger partial charge is 0.493 e. The summed E-state index contributed by atoms with van der Waals surface area (Å²) in [6.07, 6.45) is -0.156. The Hall–Kier alpha value is -3.17. The van der Waals surface area contributed by atoms with Crippen LogP contribution in [-0.2, 0) is 11.2 Å². The minimum atomic E-state index is -0.759. The van der Waals surface area contributed by atoms with Gasteiger partial charge in [-0.25, -0.2) is 10.0 Å². The van der Waals surface area contributed by atoms with Crippen molar-refractivity contribution in [3.05, 3.63) is 40.5 Å². The molecule has 3 aliphatic heterocycles. The van der Waals surface area contributed by atoms with Gasteiger partial charge in [-0.15, -0.1) is 0 Å². The van der Waals surface area contributed by atoms with E-state index in [4.69, 9.17) is 28.4 Å². The molecule has 0 saturated heterocycles. The summed E-state index contributed by atoms with van der Waals surface area (Å²) in [6, 6.07) is 4.78. The number of cyclic esters (lactones) is 1. The molecule has 9 nitrogen and oxygen atoms in total. The molecule has 2 aromatic rings. The maximum Gasteiger partial charge on any atom is 0.343 e. The highest BCUT2D eigenvalue weighted by Crippen LogP contribution is 2.56. The van der Waals surface area contributed by atoms with Gasteiger partial charge in [0, 0.05) is 12.0 Å². The maximum absolute atomic E-state index is 12.9. The zero-order valence-electron chi connectivity index (χ0n) is 17.8. The van der Waals surface area contributed by atoms with E-state index in [9.17, 15) is 10.0 Å². The number of hydrogen-bond acceptors (Lipinski definition) is 8. The molecule has 0 amide bonds. The van der Waals surface area contributed by atoms with E-state index < -0.39 is 18.1 Å². The molecule has 164 valence electrons. The fraction of sp³-hybridized carbons (Fsp3) is 0.409. The Morgan fingerprint density at radius 1 is 1.10 bits per heavy atom. The van der Waals surface area contributed by atoms with Crippen LogP contribution in [0.2, 0.25) is 0 Å². The lowest BCUT2D eigenvalue weighted by atomic mass is 9.85. The molecule has 3 heterocycles. The Kier molecular flexibility index (Phi) is 4.42. The number of likely N-dealkylation sites (N-methyl/N-ethyl adjacent to an activating group) is 1. The predicted octanol–water partition coefficient (Wildman–Crippen LogP) is 2.79. The lowest BCUT2D eigenvalue weighted by molar-refractivity contribution is -1.11. The number of esters is 1. The number of methoxy groups -OCH3 is 3. The predicted molar refractivity (Wildman–Crippen MR) is 106 cm³/mol. The Morgan fingerprint density at radius 3 is 2.58 bits per heavy atom. The van der Waals surface area contributed by atoms with Crippen LogP contribution in [0.1, 0.15) is 39.2 Å². The van der Waals surface area contributed by atoms with Gasteiger partial charge in [0.2, 0.25) is 12.5 Å². The van der Waals surface area contributed by atoms with E-state index in [2.05, 4.69) is 0 Å². The van der Waals surface area contributed by atoms with Crippen LogP contribution in [0.15, 0.2) is 18.2 Å². The molecule has 0 aliphatic carbocycles. The van der Waals surface area contributed by atoms with Gasteiger partial charge < -0.3 is 28.4 Å². The van der Waals surface area contributed by atoms with Crippen LogP contribution < -0.4 is 23.7 Å². The fourth-order valence-corrected chi connectivity index (χ4v) is 4.88. The van der Waals surface area contributed by atoms with Crippen molar-refractivity contribution >= 4 is 5.97 Å². The molecular weight excluding hydrogens is 406 g/mol. The number of hydrogen-bond donors (Lipinski definition) is 1. The molecule has 31 heavy (non-hydrogen) atoms. The van der Waals surface area contributed by atoms with Crippen LogP contribution in [0, 0.1) is 0 Å². The Balaban J connectivity index is 1.72. The van der Waals surface area contributed by atoms with E-state index in [1.165, 1.54) is 14.2 Å². The van der Waals surface area contributed by atoms with E-state index in [0.717, 1.165) is 11.1 Å². The molecule has 3 unspecified atom stereocenters. The maximum atomic E-state index is 12.9. The number of quaternary nitrogens is 1. The fourth-order valence-electron chi connectivity index (χ4n) is 4.88. The summed E-state index contributed by atoms with van der Waals surface area (Å²) in [5.41, 5.74) is 2.63. The highest BCUT2D eigenvalue weighted by atomic mass is 16.7. The highest BCUT2D eigenvalue weighted by molar-refractivity contribution is 5.98. The van der Waals surface area contributed by atoms with E-state index >= 15 is 0 Å². The normalized spacial score (nSPS) is 25.5. The van der Waals surface area contributed by atoms with Crippen molar-refractivity contribution in [2.75, 3.05) is 41.7 Å². The van der Waals surface area contributed by atoms with Gasteiger partial charge >= 0.3 is 5.97 Å². The Labute approximate surface area is 179 Å². The average molecular weight is 430 g/mol. The Bertz CT molecular complexity index is 1080. The summed E-state index contributed by atoms with van der Waals surface area (Å²) in [5, 5.41) is 11.4. The number of carbonyl (C=O) groups excluding carboxylic acids is 1. The Morgan fingerprint density at radius 2 is 1.87 bits per heavy atom. The van der Waals surface area contributed by atoms with Gasteiger partial charge in [-0.2, -0.15) is 4.65 Å². The van der Waals surface area contributed by atoms with Gasteiger partial charge in [0.25, 0.3) is 0 Å². The van der Waals surface area contributed by atoms with E-state index in [0.29, 0.717) is 52.8 Å². The van der Waals surface area contributed by atoms with Crippen LogP contribution in [0.3, 0.4) is 0 Å². The van der Waals surface area contributed by atoms with Gasteiger partial charge in [0.1, 0.15) is 12.1 Å². The highest BCUT2D eigenvalue weighted by Gasteiger charge is 2.53. The first-order valence-electron chi connectivity index (χ1n) is 9.94. The molecule has 0 aromatic heterocycles. The van der Waals surface area contributed by atoms with Crippen LogP contribution in [0.25, 0.3) is 0 Å². The van der Waals surface area contributed by atoms with Gasteiger partial charge in [0.15, 0.2) is 35.1 Å². The third-order valence-corrected chi connectivity index (χ3v) is 6.29. The lowest BCUT2D eigenvalue weighted by Crippen LogP contribution is -2.50. The molecule has 9 heteroatoms. The van der Waals surface area contributed by atoms with Crippen molar-refractivity contribution in [1.82, 2.24) is 0 Å². The van der Waals surface area contributed by atoms with Crippen molar-refractivity contribution in [2.24, 2.45) is 0 Å². The number of hydroxylamine groups is 3. The first-order valence-corrected chi connectivity index (χ1v) is 9.94. The lowest BCUT2D eigenvalue weighted by Gasteiger charge is -2.41. The first kappa shape index (κ1) is 19.8. The third-order valence-electron chi connectivity index (χ3n) is 6.29. The number of fused-ring (bicyclic) bond motifs is 3. The monoisotopic (exact) mass is 430 g/mol. The molecule has 5 rings (SSSR count). The summed E-state index contributed by atoms with van der Waals surface area (Å²) < 4.78 is 33.2. The van der Waals surface area contributed by atoms with E-state index in [-0.39, 0.29) is 11.4 Å². The smallest absolute Gasteiger partial charge is 0.343 e. The standard InChI is InChI=1S/C22H24NO8/c1-23(25)8-7-11-9-14-20(30-10-29-14)21(28-4)15(11)17(23)18-12-5-6-13(26-2)19(27-3)16(12)22(24)31-18/h5-6,9,17-18,25H,7-8,10H2,1-4H3/q+1. The minimum absolute atomic E-state index is 0.0999. The molecule has 0 bridgehead atoms. The zero-order valence-corrected chi connectivity index (χ0v) is 17.8. The van der Waals surface area contributed by atoms with Crippen LogP contribution in [-0.4, -0.2) is 57.5 Å². The SMILES string of the molecule is COc1ccc2c(c1OC)C(=O)OC2C1c2c(cc3c(c2OC)OCO3)CC[N+]1(C)O. The van der Waals surface area contributed by atoms with Crippen LogP contribution in [0.5, 0.6) is 28.7 Å². The minimum Gasteiger partial charge on any atom is -0.493 e. The van der Waals surface area contributed by atoms with Gasteiger partial charge in [-0.3, -0.25) is 0 Å². The quantitative estimate of drug-likeness (QED) is 0.585. The number of carbonyl (C=O) groups is 1. The summed E-state index contributed by atoms with van der Waals surface area (Å²) in [5.74, 6) is 1.81. The number of rotatable bonds is 4. The first-order chi connectivity index (χ1) is 14.9. The molecule has 0 saturated carbocycles. The van der Waals surface area contributed by atoms with Crippen molar-refractivity contribution in [3.63, 3.8) is 0 Å². The zero-order chi connectivity index (χ0) is 21.9. The van der Waals surface area contributed by atoms with Gasteiger partial charge in [-0.05, 0) is 17.7 Å². The molecule has 2 aromatic carbocycles. The summed E-state index contributed by atoms with van der Waals surface area (Å²) >= 11 is 0. The van der Waals surface area contributed by atoms with E-state index in [1.807, 2.05) is 6.07 Å². The molecule has 0 fully saturated rings. The van der Waals surface area contributed by atoms with Crippen molar-refractivity contribution in [3.8, 4) is 28.7 Å². The van der Waals surface area contributed by atoms with Gasteiger partial charge in [0.05, 0.1) is 33.9 Å². The van der Waals surface area contributed by atoms with E-state index in [1.54, 1.807) is 26.3 Å². The summed E-state index contributed by atoms with van der Waals surface area (Å²) in [6.45, 7) is 0.528. The van der Waals surface area contributed by atoms with Crippen LogP contribution in [0.4, 0.5) is 0 Å². The van der Waals surface area contributed by atoms with Crippen LogP contribution >= 0.6 is 0 Å². The second-order valence-corrected chi connectivity index (χ2v) is 7.94. The topological polar surface area (TPSA) is 92.7 Å². The molecule has 0 spiro atoms. The van der Waals surface area contributed by atoms with Gasteiger partial charge in [-0.1, -0.05) is 6.07 Å². The molecular formula is C22H24NO8+. The summed E-state index contributed by atoms with van der Waals surface area (Å²) in [7, 11) is 6.23. The molecule has 1 N–H and O–H groups in total. The number of nitrogens with zero attached hydrogens (tertiary/aromatic N) is 1. The second-order valence-electron chi connectivity index (χ2n) is 7.94. The number of ether oxygens (including phenoxy) is 6. The number of benzene rings is 2. The third kappa shape index (κ3) is 2.73. The molecule has 0 radical (unpaired) electrons. The van der Waals surface area contributed by atoms with Crippen molar-refractivity contribution in [2.45, 2.75) is 18.6 Å².